The number of hydrogen-bond donors (Lipinski definition) is 2. The lowest BCUT2D eigenvalue weighted by atomic mass is 10.2. The van der Waals surface area contributed by atoms with E-state index >= 15 is 0 Å². The quantitative estimate of drug-likeness (QED) is 0.721. The van der Waals surface area contributed by atoms with E-state index in [1.54, 1.807) is 12.1 Å². The fourth-order valence-electron chi connectivity index (χ4n) is 2.00. The number of nitrogens with one attached hydrogen (secondary N) is 1. The van der Waals surface area contributed by atoms with Gasteiger partial charge in [0.2, 0.25) is 10.0 Å². The van der Waals surface area contributed by atoms with Crippen molar-refractivity contribution in [1.29, 1.82) is 0 Å². The van der Waals surface area contributed by atoms with Crippen LogP contribution in [0.1, 0.15) is 5.56 Å². The third kappa shape index (κ3) is 5.36. The zero-order valence-corrected chi connectivity index (χ0v) is 16.5. The molecule has 2 rings (SSSR count). The van der Waals surface area contributed by atoms with Gasteiger partial charge in [-0.2, -0.15) is 0 Å². The molecule has 7 nitrogen and oxygen atoms in total. The first-order chi connectivity index (χ1) is 12.0. The predicted molar refractivity (Wildman–Crippen MR) is 102 cm³/mol. The van der Waals surface area contributed by atoms with Crippen LogP contribution >= 0.6 is 23.2 Å². The molecule has 0 fully saturated rings. The predicted octanol–water partition coefficient (Wildman–Crippen LogP) is 3.06. The SMILES string of the molecule is COc1cc(Cl)ccc1/C=C/S(=O)(=O)Nc1cc(Cl)ccc1S(N)(=O)=O. The van der Waals surface area contributed by atoms with Crippen molar-refractivity contribution in [2.24, 2.45) is 5.14 Å². The minimum absolute atomic E-state index is 0.137. The average Bonchev–Trinajstić information content (AvgIpc) is 2.52. The van der Waals surface area contributed by atoms with Gasteiger partial charge in [0.1, 0.15) is 10.6 Å². The van der Waals surface area contributed by atoms with Gasteiger partial charge in [-0.05, 0) is 42.5 Å². The third-order valence-corrected chi connectivity index (χ3v) is 5.56. The number of sulfonamides is 2. The summed E-state index contributed by atoms with van der Waals surface area (Å²) < 4.78 is 55.0. The van der Waals surface area contributed by atoms with E-state index in [1.807, 2.05) is 0 Å². The lowest BCUT2D eigenvalue weighted by Crippen LogP contribution is -2.17. The van der Waals surface area contributed by atoms with Gasteiger partial charge in [-0.1, -0.05) is 23.2 Å². The first-order valence-corrected chi connectivity index (χ1v) is 10.7. The molecule has 11 heteroatoms. The summed E-state index contributed by atoms with van der Waals surface area (Å²) >= 11 is 11.7. The first-order valence-electron chi connectivity index (χ1n) is 6.88. The van der Waals surface area contributed by atoms with Gasteiger partial charge in [0.15, 0.2) is 0 Å². The number of benzene rings is 2. The molecule has 0 amide bonds. The Morgan fingerprint density at radius 3 is 2.27 bits per heavy atom. The van der Waals surface area contributed by atoms with Gasteiger partial charge in [-0.3, -0.25) is 4.72 Å². The number of rotatable bonds is 6. The molecule has 2 aromatic carbocycles. The van der Waals surface area contributed by atoms with Crippen molar-refractivity contribution in [2.45, 2.75) is 4.90 Å². The maximum atomic E-state index is 12.3. The van der Waals surface area contributed by atoms with Crippen LogP contribution in [0, 0.1) is 0 Å². The number of methoxy groups -OCH3 is 1. The second-order valence-corrected chi connectivity index (χ2v) is 8.99. The second-order valence-electron chi connectivity index (χ2n) is 5.02. The molecule has 2 aromatic rings. The summed E-state index contributed by atoms with van der Waals surface area (Å²) in [6.07, 6.45) is 1.28. The highest BCUT2D eigenvalue weighted by molar-refractivity contribution is 7.95. The van der Waals surface area contributed by atoms with Crippen LogP contribution in [0.2, 0.25) is 10.0 Å². The third-order valence-electron chi connectivity index (χ3n) is 3.12. The van der Waals surface area contributed by atoms with E-state index in [9.17, 15) is 16.8 Å². The molecule has 0 aliphatic heterocycles. The molecule has 0 unspecified atom stereocenters. The molecule has 0 saturated carbocycles. The number of primary sulfonamides is 1. The zero-order chi connectivity index (χ0) is 19.5. The van der Waals surface area contributed by atoms with Gasteiger partial charge in [0.25, 0.3) is 10.0 Å². The highest BCUT2D eigenvalue weighted by Gasteiger charge is 2.18. The Bertz CT molecular complexity index is 1070. The molecular weight excluding hydrogens is 423 g/mol. The Hall–Kier alpha value is -1.78. The van der Waals surface area contributed by atoms with E-state index in [4.69, 9.17) is 33.1 Å². The Morgan fingerprint density at radius 2 is 1.65 bits per heavy atom. The molecule has 0 aliphatic carbocycles. The molecule has 0 spiro atoms. The van der Waals surface area contributed by atoms with E-state index in [-0.39, 0.29) is 10.7 Å². The minimum atomic E-state index is -4.15. The summed E-state index contributed by atoms with van der Waals surface area (Å²) in [6, 6.07) is 8.21. The fraction of sp³-hybridized carbons (Fsp3) is 0.0667. The van der Waals surface area contributed by atoms with Crippen molar-refractivity contribution < 1.29 is 21.6 Å². The molecular formula is C15H14Cl2N2O5S2. The molecule has 0 heterocycles. The van der Waals surface area contributed by atoms with Crippen LogP contribution in [-0.4, -0.2) is 23.9 Å². The lowest BCUT2D eigenvalue weighted by molar-refractivity contribution is 0.414. The van der Waals surface area contributed by atoms with E-state index < -0.39 is 24.9 Å². The average molecular weight is 437 g/mol. The lowest BCUT2D eigenvalue weighted by Gasteiger charge is -2.10. The molecule has 3 N–H and O–H groups in total. The summed E-state index contributed by atoms with van der Waals surface area (Å²) in [5.41, 5.74) is 0.202. The van der Waals surface area contributed by atoms with Crippen LogP contribution in [0.5, 0.6) is 5.75 Å². The van der Waals surface area contributed by atoms with Crippen LogP contribution < -0.4 is 14.6 Å². The van der Waals surface area contributed by atoms with Gasteiger partial charge in [0.05, 0.1) is 18.2 Å². The number of hydrogen-bond acceptors (Lipinski definition) is 5. The van der Waals surface area contributed by atoms with Crippen LogP contribution in [0.3, 0.4) is 0 Å². The number of anilines is 1. The monoisotopic (exact) mass is 436 g/mol. The van der Waals surface area contributed by atoms with E-state index in [1.165, 1.54) is 25.3 Å². The number of nitrogens with two attached hydrogens (primary N) is 1. The fourth-order valence-corrected chi connectivity index (χ4v) is 3.95. The summed E-state index contributed by atoms with van der Waals surface area (Å²) in [5, 5.41) is 6.51. The van der Waals surface area contributed by atoms with Gasteiger partial charge >= 0.3 is 0 Å². The summed E-state index contributed by atoms with van der Waals surface area (Å²) in [4.78, 5) is -0.400. The van der Waals surface area contributed by atoms with Crippen LogP contribution in [0.15, 0.2) is 46.7 Å². The van der Waals surface area contributed by atoms with E-state index in [2.05, 4.69) is 4.72 Å². The Labute approximate surface area is 161 Å². The minimum Gasteiger partial charge on any atom is -0.496 e. The van der Waals surface area contributed by atoms with Gasteiger partial charge < -0.3 is 4.74 Å². The largest absolute Gasteiger partial charge is 0.496 e. The Kier molecular flexibility index (Phi) is 6.20. The summed E-state index contributed by atoms with van der Waals surface area (Å²) in [7, 11) is -6.80. The van der Waals surface area contributed by atoms with Crippen molar-refractivity contribution in [3.05, 3.63) is 57.4 Å². The number of halogens is 2. The van der Waals surface area contributed by atoms with Crippen molar-refractivity contribution in [2.75, 3.05) is 11.8 Å². The van der Waals surface area contributed by atoms with Crippen LogP contribution in [0.25, 0.3) is 6.08 Å². The molecule has 26 heavy (non-hydrogen) atoms. The molecule has 0 radical (unpaired) electrons. The first kappa shape index (κ1) is 20.5. The van der Waals surface area contributed by atoms with E-state index in [0.717, 1.165) is 17.5 Å². The van der Waals surface area contributed by atoms with Crippen molar-refractivity contribution in [3.63, 3.8) is 0 Å². The van der Waals surface area contributed by atoms with Crippen LogP contribution in [-0.2, 0) is 20.0 Å². The van der Waals surface area contributed by atoms with Gasteiger partial charge in [-0.25, -0.2) is 22.0 Å². The van der Waals surface area contributed by atoms with Crippen molar-refractivity contribution >= 4 is 55.0 Å². The topological polar surface area (TPSA) is 116 Å². The summed E-state index contributed by atoms with van der Waals surface area (Å²) in [5.74, 6) is 0.372. The maximum Gasteiger partial charge on any atom is 0.255 e. The highest BCUT2D eigenvalue weighted by Crippen LogP contribution is 2.27. The van der Waals surface area contributed by atoms with Crippen molar-refractivity contribution in [1.82, 2.24) is 0 Å². The van der Waals surface area contributed by atoms with E-state index in [0.29, 0.717) is 16.3 Å². The zero-order valence-electron chi connectivity index (χ0n) is 13.3. The molecule has 0 aliphatic rings. The molecule has 140 valence electrons. The normalized spacial score (nSPS) is 12.3. The number of ether oxygens (including phenoxy) is 1. The Morgan fingerprint density at radius 1 is 1.04 bits per heavy atom. The molecule has 0 aromatic heterocycles. The highest BCUT2D eigenvalue weighted by atomic mass is 35.5. The molecule has 0 atom stereocenters. The van der Waals surface area contributed by atoms with Crippen LogP contribution in [0.4, 0.5) is 5.69 Å². The smallest absolute Gasteiger partial charge is 0.255 e. The molecule has 0 saturated heterocycles. The van der Waals surface area contributed by atoms with Crippen molar-refractivity contribution in [3.8, 4) is 5.75 Å². The van der Waals surface area contributed by atoms with Gasteiger partial charge in [-0.15, -0.1) is 0 Å². The maximum absolute atomic E-state index is 12.3. The standard InChI is InChI=1S/C15H14Cl2N2O5S2/c1-24-14-9-12(17)3-2-10(14)6-7-25(20,21)19-13-8-11(16)4-5-15(13)26(18,22)23/h2-9,19H,1H3,(H2,18,22,23)/b7-6+. The second kappa shape index (κ2) is 7.85. The van der Waals surface area contributed by atoms with Gasteiger partial charge in [0, 0.05) is 15.6 Å². The Balaban J connectivity index is 2.38. The molecule has 0 bridgehead atoms. The summed E-state index contributed by atoms with van der Waals surface area (Å²) in [6.45, 7) is 0.